The van der Waals surface area contributed by atoms with Gasteiger partial charge in [-0.15, -0.1) is 0 Å². The Kier molecular flexibility index (Phi) is 4.88. The molecule has 1 aliphatic rings. The van der Waals surface area contributed by atoms with Crippen molar-refractivity contribution in [2.24, 2.45) is 5.92 Å². The van der Waals surface area contributed by atoms with Gasteiger partial charge in [-0.05, 0) is 55.6 Å². The van der Waals surface area contributed by atoms with Gasteiger partial charge in [-0.1, -0.05) is 30.1 Å². The molecule has 0 N–H and O–H groups in total. The van der Waals surface area contributed by atoms with Crippen LogP contribution in [0.5, 0.6) is 0 Å². The Balaban J connectivity index is 2.32. The van der Waals surface area contributed by atoms with E-state index in [-0.39, 0.29) is 15.6 Å². The monoisotopic (exact) mass is 325 g/mol. The SMILES string of the molecule is CC1CCN([C@H](c2cc(Cl)cc(Cl)c2)C(F)(F)F)CC1. The molecule has 0 aliphatic carbocycles. The fourth-order valence-electron chi connectivity index (χ4n) is 2.63. The number of rotatable bonds is 2. The second-order valence-electron chi connectivity index (χ2n) is 5.37. The van der Waals surface area contributed by atoms with Crippen LogP contribution in [0.4, 0.5) is 13.2 Å². The molecule has 0 bridgehead atoms. The average Bonchev–Trinajstić information content (AvgIpc) is 2.29. The molecule has 1 aliphatic heterocycles. The van der Waals surface area contributed by atoms with Crippen molar-refractivity contribution in [3.8, 4) is 0 Å². The van der Waals surface area contributed by atoms with Crippen LogP contribution in [0, 0.1) is 5.92 Å². The Morgan fingerprint density at radius 2 is 1.60 bits per heavy atom. The van der Waals surface area contributed by atoms with Crippen LogP contribution < -0.4 is 0 Å². The molecular weight excluding hydrogens is 310 g/mol. The molecule has 1 heterocycles. The van der Waals surface area contributed by atoms with Crippen molar-refractivity contribution in [2.75, 3.05) is 13.1 Å². The zero-order valence-electron chi connectivity index (χ0n) is 11.1. The normalized spacial score (nSPS) is 20.1. The minimum atomic E-state index is -4.34. The highest BCUT2D eigenvalue weighted by Crippen LogP contribution is 2.41. The largest absolute Gasteiger partial charge is 0.408 e. The maximum atomic E-state index is 13.4. The first-order valence-corrected chi connectivity index (χ1v) is 7.29. The van der Waals surface area contributed by atoms with Gasteiger partial charge in [0.15, 0.2) is 0 Å². The molecule has 0 unspecified atom stereocenters. The van der Waals surface area contributed by atoms with Gasteiger partial charge in [0.2, 0.25) is 0 Å². The van der Waals surface area contributed by atoms with Gasteiger partial charge < -0.3 is 0 Å². The van der Waals surface area contributed by atoms with Crippen LogP contribution >= 0.6 is 23.2 Å². The lowest BCUT2D eigenvalue weighted by atomic mass is 9.95. The molecule has 0 amide bonds. The number of nitrogens with zero attached hydrogens (tertiary/aromatic N) is 1. The van der Waals surface area contributed by atoms with Gasteiger partial charge in [-0.25, -0.2) is 0 Å². The molecule has 1 nitrogen and oxygen atoms in total. The maximum absolute atomic E-state index is 13.4. The summed E-state index contributed by atoms with van der Waals surface area (Å²) >= 11 is 11.7. The summed E-state index contributed by atoms with van der Waals surface area (Å²) in [6.07, 6.45) is -2.78. The first-order chi connectivity index (χ1) is 9.27. The summed E-state index contributed by atoms with van der Waals surface area (Å²) < 4.78 is 40.3. The van der Waals surface area contributed by atoms with Crippen molar-refractivity contribution in [1.82, 2.24) is 4.90 Å². The number of hydrogen-bond donors (Lipinski definition) is 0. The standard InChI is InChI=1S/C14H16Cl2F3N/c1-9-2-4-20(5-3-9)13(14(17,18)19)10-6-11(15)8-12(16)7-10/h6-9,13H,2-5H2,1H3/t13-/m1/s1. The summed E-state index contributed by atoms with van der Waals surface area (Å²) in [4.78, 5) is 1.47. The highest BCUT2D eigenvalue weighted by Gasteiger charge is 2.45. The van der Waals surface area contributed by atoms with Crippen molar-refractivity contribution < 1.29 is 13.2 Å². The van der Waals surface area contributed by atoms with E-state index in [1.165, 1.54) is 23.1 Å². The molecule has 112 valence electrons. The van der Waals surface area contributed by atoms with Crippen LogP contribution in [-0.4, -0.2) is 24.2 Å². The van der Waals surface area contributed by atoms with E-state index in [0.29, 0.717) is 19.0 Å². The Labute approximate surface area is 126 Å². The molecule has 6 heteroatoms. The number of benzene rings is 1. The van der Waals surface area contributed by atoms with E-state index in [4.69, 9.17) is 23.2 Å². The van der Waals surface area contributed by atoms with Gasteiger partial charge in [0, 0.05) is 10.0 Å². The smallest absolute Gasteiger partial charge is 0.289 e. The van der Waals surface area contributed by atoms with Gasteiger partial charge in [-0.2, -0.15) is 13.2 Å². The number of halogens is 5. The second kappa shape index (κ2) is 6.12. The third-order valence-electron chi connectivity index (χ3n) is 3.69. The molecule has 0 spiro atoms. The number of piperidine rings is 1. The Bertz CT molecular complexity index is 448. The molecule has 2 rings (SSSR count). The predicted octanol–water partition coefficient (Wildman–Crippen LogP) is 5.33. The average molecular weight is 326 g/mol. The molecule has 0 radical (unpaired) electrons. The highest BCUT2D eigenvalue weighted by atomic mass is 35.5. The second-order valence-corrected chi connectivity index (χ2v) is 6.24. The van der Waals surface area contributed by atoms with E-state index in [1.807, 2.05) is 0 Å². The lowest BCUT2D eigenvalue weighted by Crippen LogP contribution is -2.42. The molecule has 0 saturated carbocycles. The summed E-state index contributed by atoms with van der Waals surface area (Å²) in [6, 6.07) is 2.51. The summed E-state index contributed by atoms with van der Waals surface area (Å²) in [5.41, 5.74) is 0.115. The first-order valence-electron chi connectivity index (χ1n) is 6.54. The van der Waals surface area contributed by atoms with Gasteiger partial charge in [-0.3, -0.25) is 4.90 Å². The van der Waals surface area contributed by atoms with Crippen molar-refractivity contribution >= 4 is 23.2 Å². The quantitative estimate of drug-likeness (QED) is 0.710. The molecule has 20 heavy (non-hydrogen) atoms. The van der Waals surface area contributed by atoms with Gasteiger partial charge in [0.25, 0.3) is 0 Å². The fourth-order valence-corrected chi connectivity index (χ4v) is 3.17. The number of hydrogen-bond acceptors (Lipinski definition) is 1. The van der Waals surface area contributed by atoms with Crippen molar-refractivity contribution in [3.05, 3.63) is 33.8 Å². The molecule has 1 atom stereocenters. The van der Waals surface area contributed by atoms with Gasteiger partial charge >= 0.3 is 6.18 Å². The minimum Gasteiger partial charge on any atom is -0.289 e. The highest BCUT2D eigenvalue weighted by molar-refractivity contribution is 6.34. The molecule has 1 aromatic carbocycles. The van der Waals surface area contributed by atoms with Crippen LogP contribution in [0.15, 0.2) is 18.2 Å². The van der Waals surface area contributed by atoms with Gasteiger partial charge in [0.1, 0.15) is 6.04 Å². The predicted molar refractivity (Wildman–Crippen MR) is 75.2 cm³/mol. The zero-order chi connectivity index (χ0) is 14.9. The maximum Gasteiger partial charge on any atom is 0.408 e. The van der Waals surface area contributed by atoms with E-state index < -0.39 is 12.2 Å². The molecule has 1 fully saturated rings. The van der Waals surface area contributed by atoms with Crippen molar-refractivity contribution in [1.29, 1.82) is 0 Å². The van der Waals surface area contributed by atoms with Crippen LogP contribution in [0.25, 0.3) is 0 Å². The Morgan fingerprint density at radius 1 is 1.10 bits per heavy atom. The van der Waals surface area contributed by atoms with E-state index in [2.05, 4.69) is 6.92 Å². The van der Waals surface area contributed by atoms with Crippen molar-refractivity contribution in [2.45, 2.75) is 32.0 Å². The lowest BCUT2D eigenvalue weighted by Gasteiger charge is -2.37. The summed E-state index contributed by atoms with van der Waals surface area (Å²) in [5, 5.41) is 0.458. The third-order valence-corrected chi connectivity index (χ3v) is 4.13. The topological polar surface area (TPSA) is 3.24 Å². The molecule has 0 aromatic heterocycles. The minimum absolute atomic E-state index is 0.115. The molecular formula is C14H16Cl2F3N. The third kappa shape index (κ3) is 3.80. The summed E-state index contributed by atoms with van der Waals surface area (Å²) in [6.45, 7) is 2.95. The summed E-state index contributed by atoms with van der Waals surface area (Å²) in [7, 11) is 0. The Morgan fingerprint density at radius 3 is 2.05 bits per heavy atom. The first kappa shape index (κ1) is 15.9. The molecule has 1 saturated heterocycles. The van der Waals surface area contributed by atoms with Crippen LogP contribution in [0.2, 0.25) is 10.0 Å². The Hall–Kier alpha value is -0.450. The van der Waals surface area contributed by atoms with Gasteiger partial charge in [0.05, 0.1) is 0 Å². The van der Waals surface area contributed by atoms with Crippen LogP contribution in [-0.2, 0) is 0 Å². The zero-order valence-corrected chi connectivity index (χ0v) is 12.6. The van der Waals surface area contributed by atoms with Crippen molar-refractivity contribution in [3.63, 3.8) is 0 Å². The number of likely N-dealkylation sites (tertiary alicyclic amines) is 1. The van der Waals surface area contributed by atoms with E-state index in [9.17, 15) is 13.2 Å². The van der Waals surface area contributed by atoms with E-state index >= 15 is 0 Å². The van der Waals surface area contributed by atoms with Crippen LogP contribution in [0.1, 0.15) is 31.4 Å². The van der Waals surface area contributed by atoms with E-state index in [1.54, 1.807) is 0 Å². The fraction of sp³-hybridized carbons (Fsp3) is 0.571. The van der Waals surface area contributed by atoms with E-state index in [0.717, 1.165) is 12.8 Å². The van der Waals surface area contributed by atoms with Crippen LogP contribution in [0.3, 0.4) is 0 Å². The summed E-state index contributed by atoms with van der Waals surface area (Å²) in [5.74, 6) is 0.475. The number of alkyl halides is 3. The lowest BCUT2D eigenvalue weighted by molar-refractivity contribution is -0.189. The molecule has 1 aromatic rings.